The summed E-state index contributed by atoms with van der Waals surface area (Å²) in [5, 5.41) is 0. The summed E-state index contributed by atoms with van der Waals surface area (Å²) in [5.74, 6) is -0.716. The van der Waals surface area contributed by atoms with E-state index in [-0.39, 0.29) is 17.5 Å². The normalized spacial score (nSPS) is 16.2. The summed E-state index contributed by atoms with van der Waals surface area (Å²) < 4.78 is 39.9. The Balaban J connectivity index is 2.45. The smallest absolute Gasteiger partial charge is 0.246 e. The zero-order valence-corrected chi connectivity index (χ0v) is 11.1. The third-order valence-corrected chi connectivity index (χ3v) is 5.13. The van der Waals surface area contributed by atoms with Crippen molar-refractivity contribution in [1.82, 2.24) is 4.31 Å². The van der Waals surface area contributed by atoms with Gasteiger partial charge in [-0.05, 0) is 30.5 Å². The van der Waals surface area contributed by atoms with E-state index in [2.05, 4.69) is 0 Å². The van der Waals surface area contributed by atoms with E-state index in [9.17, 15) is 12.8 Å². The molecular weight excluding hydrogens is 255 g/mol. The molecule has 1 aromatic rings. The van der Waals surface area contributed by atoms with Gasteiger partial charge < -0.3 is 5.73 Å². The molecule has 0 unspecified atom stereocenters. The maximum absolute atomic E-state index is 13.7. The molecule has 2 rings (SSSR count). The molecule has 0 spiro atoms. The SMILES string of the molecule is CCN(C1CC1)S(=O)(=O)c1cc(CN)ccc1F. The van der Waals surface area contributed by atoms with E-state index in [1.807, 2.05) is 0 Å². The van der Waals surface area contributed by atoms with Gasteiger partial charge in [-0.15, -0.1) is 0 Å². The molecule has 1 fully saturated rings. The Morgan fingerprint density at radius 3 is 2.61 bits per heavy atom. The molecule has 0 heterocycles. The third-order valence-electron chi connectivity index (χ3n) is 3.08. The molecule has 4 nitrogen and oxygen atoms in total. The van der Waals surface area contributed by atoms with Crippen molar-refractivity contribution >= 4 is 10.0 Å². The van der Waals surface area contributed by atoms with Crippen molar-refractivity contribution in [2.75, 3.05) is 6.54 Å². The molecule has 0 aromatic heterocycles. The van der Waals surface area contributed by atoms with Crippen LogP contribution in [0.4, 0.5) is 4.39 Å². The number of nitrogens with two attached hydrogens (primary N) is 1. The monoisotopic (exact) mass is 272 g/mol. The average Bonchev–Trinajstić information content (AvgIpc) is 3.14. The largest absolute Gasteiger partial charge is 0.326 e. The average molecular weight is 272 g/mol. The Kier molecular flexibility index (Phi) is 3.70. The van der Waals surface area contributed by atoms with Gasteiger partial charge in [0, 0.05) is 19.1 Å². The van der Waals surface area contributed by atoms with E-state index in [4.69, 9.17) is 5.73 Å². The number of rotatable bonds is 5. The minimum Gasteiger partial charge on any atom is -0.326 e. The van der Waals surface area contributed by atoms with Crippen LogP contribution in [0.5, 0.6) is 0 Å². The Labute approximate surface area is 107 Å². The summed E-state index contributed by atoms with van der Waals surface area (Å²) in [6.07, 6.45) is 1.70. The van der Waals surface area contributed by atoms with Gasteiger partial charge in [0.2, 0.25) is 10.0 Å². The molecule has 1 aliphatic carbocycles. The fraction of sp³-hybridized carbons (Fsp3) is 0.500. The molecule has 0 aliphatic heterocycles. The van der Waals surface area contributed by atoms with Gasteiger partial charge >= 0.3 is 0 Å². The van der Waals surface area contributed by atoms with Gasteiger partial charge in [0.05, 0.1) is 0 Å². The summed E-state index contributed by atoms with van der Waals surface area (Å²) in [6.45, 7) is 2.32. The second kappa shape index (κ2) is 4.95. The van der Waals surface area contributed by atoms with Crippen LogP contribution in [0, 0.1) is 5.82 Å². The van der Waals surface area contributed by atoms with Crippen LogP contribution in [0.1, 0.15) is 25.3 Å². The van der Waals surface area contributed by atoms with Crippen molar-refractivity contribution < 1.29 is 12.8 Å². The molecule has 6 heteroatoms. The number of benzene rings is 1. The molecular formula is C12H17FN2O2S. The van der Waals surface area contributed by atoms with Crippen LogP contribution in [0.25, 0.3) is 0 Å². The lowest BCUT2D eigenvalue weighted by Gasteiger charge is -2.20. The second-order valence-electron chi connectivity index (χ2n) is 4.41. The van der Waals surface area contributed by atoms with E-state index in [1.165, 1.54) is 16.4 Å². The highest BCUT2D eigenvalue weighted by molar-refractivity contribution is 7.89. The predicted octanol–water partition coefficient (Wildman–Crippen LogP) is 1.46. The lowest BCUT2D eigenvalue weighted by atomic mass is 10.2. The number of sulfonamides is 1. The van der Waals surface area contributed by atoms with E-state index in [0.717, 1.165) is 18.9 Å². The quantitative estimate of drug-likeness (QED) is 0.882. The van der Waals surface area contributed by atoms with Gasteiger partial charge in [-0.1, -0.05) is 13.0 Å². The Hall–Kier alpha value is -0.980. The number of hydrogen-bond donors (Lipinski definition) is 1. The van der Waals surface area contributed by atoms with Gasteiger partial charge in [-0.3, -0.25) is 0 Å². The highest BCUT2D eigenvalue weighted by atomic mass is 32.2. The van der Waals surface area contributed by atoms with Crippen molar-refractivity contribution in [3.63, 3.8) is 0 Å². The first-order chi connectivity index (χ1) is 8.50. The van der Waals surface area contributed by atoms with Crippen molar-refractivity contribution in [2.24, 2.45) is 5.73 Å². The summed E-state index contributed by atoms with van der Waals surface area (Å²) in [6, 6.07) is 4.02. The Bertz CT molecular complexity index is 541. The highest BCUT2D eigenvalue weighted by Gasteiger charge is 2.38. The molecule has 0 amide bonds. The minimum atomic E-state index is -3.75. The zero-order valence-electron chi connectivity index (χ0n) is 10.3. The van der Waals surface area contributed by atoms with E-state index >= 15 is 0 Å². The predicted molar refractivity (Wildman–Crippen MR) is 66.9 cm³/mol. The minimum absolute atomic E-state index is 0.0286. The van der Waals surface area contributed by atoms with Gasteiger partial charge in [0.1, 0.15) is 10.7 Å². The lowest BCUT2D eigenvalue weighted by Crippen LogP contribution is -2.33. The summed E-state index contributed by atoms with van der Waals surface area (Å²) in [7, 11) is -3.75. The molecule has 1 aromatic carbocycles. The lowest BCUT2D eigenvalue weighted by molar-refractivity contribution is 0.417. The first-order valence-corrected chi connectivity index (χ1v) is 7.45. The van der Waals surface area contributed by atoms with E-state index in [0.29, 0.717) is 12.1 Å². The maximum atomic E-state index is 13.7. The van der Waals surface area contributed by atoms with Crippen LogP contribution in [0.15, 0.2) is 23.1 Å². The zero-order chi connectivity index (χ0) is 13.3. The van der Waals surface area contributed by atoms with Gasteiger partial charge in [0.15, 0.2) is 0 Å². The van der Waals surface area contributed by atoms with Crippen LogP contribution in [0.3, 0.4) is 0 Å². The number of hydrogen-bond acceptors (Lipinski definition) is 3. The van der Waals surface area contributed by atoms with Gasteiger partial charge in [-0.2, -0.15) is 4.31 Å². The summed E-state index contributed by atoms with van der Waals surface area (Å²) in [5.41, 5.74) is 6.07. The van der Waals surface area contributed by atoms with Crippen molar-refractivity contribution in [3.8, 4) is 0 Å². The Morgan fingerprint density at radius 2 is 2.11 bits per heavy atom. The van der Waals surface area contributed by atoms with Crippen molar-refractivity contribution in [1.29, 1.82) is 0 Å². The van der Waals surface area contributed by atoms with E-state index < -0.39 is 15.8 Å². The second-order valence-corrected chi connectivity index (χ2v) is 6.27. The van der Waals surface area contributed by atoms with Crippen molar-refractivity contribution in [2.45, 2.75) is 37.2 Å². The fourth-order valence-electron chi connectivity index (χ4n) is 1.99. The molecule has 0 bridgehead atoms. The molecule has 0 saturated heterocycles. The van der Waals surface area contributed by atoms with Crippen LogP contribution in [-0.4, -0.2) is 25.3 Å². The number of halogens is 1. The molecule has 1 saturated carbocycles. The first kappa shape index (κ1) is 13.5. The number of nitrogens with zero attached hydrogens (tertiary/aromatic N) is 1. The third kappa shape index (κ3) is 2.41. The van der Waals surface area contributed by atoms with Crippen LogP contribution >= 0.6 is 0 Å². The van der Waals surface area contributed by atoms with Crippen LogP contribution < -0.4 is 5.73 Å². The highest BCUT2D eigenvalue weighted by Crippen LogP contribution is 2.32. The topological polar surface area (TPSA) is 63.4 Å². The first-order valence-electron chi connectivity index (χ1n) is 6.01. The van der Waals surface area contributed by atoms with Gasteiger partial charge in [0.25, 0.3) is 0 Å². The van der Waals surface area contributed by atoms with Crippen molar-refractivity contribution in [3.05, 3.63) is 29.6 Å². The molecule has 0 atom stereocenters. The van der Waals surface area contributed by atoms with Gasteiger partial charge in [-0.25, -0.2) is 12.8 Å². The summed E-state index contributed by atoms with van der Waals surface area (Å²) in [4.78, 5) is -0.265. The molecule has 100 valence electrons. The molecule has 2 N–H and O–H groups in total. The Morgan fingerprint density at radius 1 is 1.44 bits per heavy atom. The molecule has 18 heavy (non-hydrogen) atoms. The van der Waals surface area contributed by atoms with Crippen LogP contribution in [-0.2, 0) is 16.6 Å². The summed E-state index contributed by atoms with van der Waals surface area (Å²) >= 11 is 0. The van der Waals surface area contributed by atoms with Crippen LogP contribution in [0.2, 0.25) is 0 Å². The standard InChI is InChI=1S/C12H17FN2O2S/c1-2-15(10-4-5-10)18(16,17)12-7-9(8-14)3-6-11(12)13/h3,6-7,10H,2,4-5,8,14H2,1H3. The fourth-order valence-corrected chi connectivity index (χ4v) is 3.80. The molecule has 0 radical (unpaired) electrons. The van der Waals surface area contributed by atoms with E-state index in [1.54, 1.807) is 6.92 Å². The maximum Gasteiger partial charge on any atom is 0.246 e. The molecule has 1 aliphatic rings.